The van der Waals surface area contributed by atoms with Crippen molar-refractivity contribution >= 4 is 42.7 Å². The van der Waals surface area contributed by atoms with E-state index in [4.69, 9.17) is 0 Å². The molecule has 0 fully saturated rings. The molecule has 0 bridgehead atoms. The van der Waals surface area contributed by atoms with E-state index in [0.717, 1.165) is 38.1 Å². The number of aryl methyl sites for hydroxylation is 1. The van der Waals surface area contributed by atoms with Crippen LogP contribution in [0.2, 0.25) is 0 Å². The first kappa shape index (κ1) is 33.6. The summed E-state index contributed by atoms with van der Waals surface area (Å²) < 4.78 is 52.1. The Morgan fingerprint density at radius 1 is 0.682 bits per heavy atom. The fourth-order valence-corrected chi connectivity index (χ4v) is 8.26. The van der Waals surface area contributed by atoms with E-state index < -0.39 is 20.0 Å². The zero-order valence-electron chi connectivity index (χ0n) is 25.2. The van der Waals surface area contributed by atoms with E-state index in [1.807, 2.05) is 55.8 Å². The molecule has 2 aromatic carbocycles. The fourth-order valence-electron chi connectivity index (χ4n) is 4.18. The van der Waals surface area contributed by atoms with Gasteiger partial charge in [0.1, 0.15) is 5.01 Å². The molecule has 13 heteroatoms. The van der Waals surface area contributed by atoms with Crippen molar-refractivity contribution in [2.24, 2.45) is 0 Å². The average Bonchev–Trinajstić information content (AvgIpc) is 3.72. The summed E-state index contributed by atoms with van der Waals surface area (Å²) in [6.07, 6.45) is 3.50. The predicted octanol–water partition coefficient (Wildman–Crippen LogP) is 6.66. The third-order valence-corrected chi connectivity index (χ3v) is 12.5. The molecular weight excluding hydrogens is 635 g/mol. The highest BCUT2D eigenvalue weighted by molar-refractivity contribution is 7.89. The van der Waals surface area contributed by atoms with Crippen LogP contribution in [0.4, 0.5) is 0 Å². The van der Waals surface area contributed by atoms with Crippen LogP contribution < -0.4 is 0 Å². The van der Waals surface area contributed by atoms with Crippen molar-refractivity contribution in [1.29, 1.82) is 0 Å². The Kier molecular flexibility index (Phi) is 11.2. The van der Waals surface area contributed by atoms with E-state index in [-0.39, 0.29) is 0 Å². The van der Waals surface area contributed by atoms with E-state index >= 15 is 0 Å². The van der Waals surface area contributed by atoms with Crippen LogP contribution in [0.25, 0.3) is 33.1 Å². The SMILES string of the molecule is CCN(C)S(=O)(=O)c1ccc(-c2csc(-c3cccnc3)n2)cc1.CCN(CC)S(=O)(=O)c1ccc(-c2csc(C)n2)cc1. The second kappa shape index (κ2) is 14.6. The highest BCUT2D eigenvalue weighted by Crippen LogP contribution is 2.29. The van der Waals surface area contributed by atoms with Crippen molar-refractivity contribution in [1.82, 2.24) is 23.6 Å². The van der Waals surface area contributed by atoms with E-state index in [9.17, 15) is 16.8 Å². The third-order valence-electron chi connectivity index (χ3n) is 6.83. The Morgan fingerprint density at radius 2 is 1.23 bits per heavy atom. The Morgan fingerprint density at radius 3 is 1.70 bits per heavy atom. The Labute approximate surface area is 268 Å². The molecule has 5 aromatic rings. The van der Waals surface area contributed by atoms with Gasteiger partial charge in [-0.2, -0.15) is 4.31 Å². The molecule has 0 aliphatic carbocycles. The van der Waals surface area contributed by atoms with Gasteiger partial charge < -0.3 is 0 Å². The van der Waals surface area contributed by atoms with Crippen LogP contribution in [-0.2, 0) is 20.0 Å². The molecule has 44 heavy (non-hydrogen) atoms. The number of sulfonamides is 2. The second-order valence-corrected chi connectivity index (χ2v) is 15.5. The van der Waals surface area contributed by atoms with Gasteiger partial charge in [0.25, 0.3) is 0 Å². The first-order valence-corrected chi connectivity index (χ1v) is 18.6. The smallest absolute Gasteiger partial charge is 0.243 e. The quantitative estimate of drug-likeness (QED) is 0.163. The maximum absolute atomic E-state index is 12.4. The number of pyridine rings is 1. The van der Waals surface area contributed by atoms with E-state index in [2.05, 4.69) is 15.0 Å². The number of benzene rings is 2. The topological polar surface area (TPSA) is 113 Å². The van der Waals surface area contributed by atoms with Crippen LogP contribution in [0.1, 0.15) is 25.8 Å². The molecule has 0 atom stereocenters. The summed E-state index contributed by atoms with van der Waals surface area (Å²) in [5.41, 5.74) is 4.51. The van der Waals surface area contributed by atoms with Crippen molar-refractivity contribution in [2.75, 3.05) is 26.7 Å². The second-order valence-electron chi connectivity index (χ2n) is 9.59. The summed E-state index contributed by atoms with van der Waals surface area (Å²) in [6.45, 7) is 8.83. The van der Waals surface area contributed by atoms with Crippen LogP contribution in [0, 0.1) is 6.92 Å². The first-order valence-electron chi connectivity index (χ1n) is 14.0. The van der Waals surface area contributed by atoms with Gasteiger partial charge in [-0.05, 0) is 43.3 Å². The van der Waals surface area contributed by atoms with E-state index in [1.54, 1.807) is 74.1 Å². The number of hydrogen-bond donors (Lipinski definition) is 0. The van der Waals surface area contributed by atoms with Crippen LogP contribution in [0.3, 0.4) is 0 Å². The normalized spacial score (nSPS) is 11.9. The van der Waals surface area contributed by atoms with Gasteiger partial charge in [-0.15, -0.1) is 22.7 Å². The molecule has 5 rings (SSSR count). The van der Waals surface area contributed by atoms with Crippen molar-refractivity contribution in [3.8, 4) is 33.1 Å². The number of nitrogens with zero attached hydrogens (tertiary/aromatic N) is 5. The number of thiazole rings is 2. The lowest BCUT2D eigenvalue weighted by Crippen LogP contribution is -2.30. The van der Waals surface area contributed by atoms with Crippen molar-refractivity contribution in [2.45, 2.75) is 37.5 Å². The molecule has 0 spiro atoms. The lowest BCUT2D eigenvalue weighted by atomic mass is 10.2. The summed E-state index contributed by atoms with van der Waals surface area (Å²) >= 11 is 3.12. The van der Waals surface area contributed by atoms with Gasteiger partial charge >= 0.3 is 0 Å². The predicted molar refractivity (Wildman–Crippen MR) is 179 cm³/mol. The number of hydrogen-bond acceptors (Lipinski definition) is 9. The molecule has 0 saturated heterocycles. The third kappa shape index (κ3) is 7.65. The molecular formula is C31H35N5O4S4. The average molecular weight is 670 g/mol. The van der Waals surface area contributed by atoms with Crippen molar-refractivity contribution in [3.63, 3.8) is 0 Å². The van der Waals surface area contributed by atoms with Gasteiger partial charge in [-0.1, -0.05) is 45.0 Å². The molecule has 232 valence electrons. The van der Waals surface area contributed by atoms with Gasteiger partial charge in [-0.25, -0.2) is 31.1 Å². The minimum atomic E-state index is -3.42. The van der Waals surface area contributed by atoms with E-state index in [0.29, 0.717) is 29.4 Å². The van der Waals surface area contributed by atoms with Crippen LogP contribution in [0.15, 0.2) is 93.6 Å². The molecule has 0 aliphatic heterocycles. The molecule has 0 N–H and O–H groups in total. The highest BCUT2D eigenvalue weighted by atomic mass is 32.2. The molecule has 0 saturated carbocycles. The minimum absolute atomic E-state index is 0.290. The summed E-state index contributed by atoms with van der Waals surface area (Å²) in [6, 6.07) is 17.6. The largest absolute Gasteiger partial charge is 0.264 e. The molecule has 0 unspecified atom stereocenters. The first-order chi connectivity index (χ1) is 21.0. The molecule has 9 nitrogen and oxygen atoms in total. The number of aromatic nitrogens is 3. The van der Waals surface area contributed by atoms with Gasteiger partial charge in [0, 0.05) is 66.5 Å². The lowest BCUT2D eigenvalue weighted by Gasteiger charge is -2.18. The van der Waals surface area contributed by atoms with Gasteiger partial charge in [-0.3, -0.25) is 4.98 Å². The van der Waals surface area contributed by atoms with Crippen LogP contribution >= 0.6 is 22.7 Å². The summed E-state index contributed by atoms with van der Waals surface area (Å²) in [4.78, 5) is 13.7. The Bertz CT molecular complexity index is 1870. The monoisotopic (exact) mass is 669 g/mol. The maximum Gasteiger partial charge on any atom is 0.243 e. The zero-order chi connectivity index (χ0) is 31.9. The lowest BCUT2D eigenvalue weighted by molar-refractivity contribution is 0.445. The maximum atomic E-state index is 12.4. The van der Waals surface area contributed by atoms with Gasteiger partial charge in [0.2, 0.25) is 20.0 Å². The summed E-state index contributed by atoms with van der Waals surface area (Å²) in [5, 5.41) is 5.83. The molecule has 0 amide bonds. The van der Waals surface area contributed by atoms with E-state index in [1.165, 1.54) is 19.9 Å². The highest BCUT2D eigenvalue weighted by Gasteiger charge is 2.21. The molecule has 3 heterocycles. The summed E-state index contributed by atoms with van der Waals surface area (Å²) in [7, 11) is -5.22. The Hall–Kier alpha value is -3.33. The van der Waals surface area contributed by atoms with Crippen molar-refractivity contribution in [3.05, 3.63) is 88.8 Å². The molecule has 0 aliphatic rings. The van der Waals surface area contributed by atoms with Gasteiger partial charge in [0.05, 0.1) is 26.2 Å². The van der Waals surface area contributed by atoms with Crippen LogP contribution in [0.5, 0.6) is 0 Å². The number of rotatable bonds is 10. The van der Waals surface area contributed by atoms with Gasteiger partial charge in [0.15, 0.2) is 0 Å². The van der Waals surface area contributed by atoms with Crippen molar-refractivity contribution < 1.29 is 16.8 Å². The molecule has 0 radical (unpaired) electrons. The zero-order valence-corrected chi connectivity index (χ0v) is 28.5. The fraction of sp³-hybridized carbons (Fsp3) is 0.258. The standard InChI is InChI=1S/C17H17N3O2S2.C14H18N2O2S2/c1-3-20(2)24(21,22)15-8-6-13(7-9-15)16-12-23-17(19-16)14-5-4-10-18-11-14;1-4-16(5-2)20(17,18)13-8-6-12(7-9-13)14-10-19-11(3)15-14/h4-12H,3H2,1-2H3;6-10H,4-5H2,1-3H3. The Balaban J connectivity index is 0.000000204. The van der Waals surface area contributed by atoms with Crippen LogP contribution in [-0.4, -0.2) is 67.1 Å². The minimum Gasteiger partial charge on any atom is -0.264 e. The molecule has 3 aromatic heterocycles. The summed E-state index contributed by atoms with van der Waals surface area (Å²) in [5.74, 6) is 0.